The van der Waals surface area contributed by atoms with Crippen molar-refractivity contribution in [2.24, 2.45) is 0 Å². The summed E-state index contributed by atoms with van der Waals surface area (Å²) in [5.74, 6) is 0.0822. The first kappa shape index (κ1) is 38.6. The highest BCUT2D eigenvalue weighted by atomic mass is 35.5. The molecule has 3 aliphatic rings. The molecule has 2 saturated heterocycles. The number of hydrogen-bond donors (Lipinski definition) is 0. The minimum absolute atomic E-state index is 0.180. The smallest absolute Gasteiger partial charge is 0.354 e. The molecule has 0 amide bonds. The molecule has 0 bridgehead atoms. The normalized spacial score (nSPS) is 16.3. The Morgan fingerprint density at radius 2 is 1.33 bits per heavy atom. The third-order valence-corrected chi connectivity index (χ3v) is 10.6. The Bertz CT molecular complexity index is 1530. The van der Waals surface area contributed by atoms with Gasteiger partial charge in [0, 0.05) is 48.7 Å². The largest absolute Gasteiger partial charge is 0.463 e. The molecular weight excluding hydrogens is 678 g/mol. The zero-order valence-corrected chi connectivity index (χ0v) is 31.9. The van der Waals surface area contributed by atoms with Gasteiger partial charge in [-0.25, -0.2) is 19.6 Å². The zero-order valence-electron chi connectivity index (χ0n) is 29.5. The number of carbonyl (C=O) groups is 2. The van der Waals surface area contributed by atoms with Gasteiger partial charge in [-0.05, 0) is 77.5 Å². The van der Waals surface area contributed by atoms with E-state index in [0.717, 1.165) is 71.0 Å². The number of halogens is 1. The molecule has 3 aromatic rings. The van der Waals surface area contributed by atoms with Crippen LogP contribution in [0, 0.1) is 6.92 Å². The van der Waals surface area contributed by atoms with Crippen LogP contribution in [0.25, 0.3) is 0 Å². The highest BCUT2D eigenvalue weighted by molar-refractivity contribution is 7.14. The highest BCUT2D eigenvalue weighted by Crippen LogP contribution is 2.26. The van der Waals surface area contributed by atoms with Crippen molar-refractivity contribution in [2.75, 3.05) is 49.2 Å². The average Bonchev–Trinajstić information content (AvgIpc) is 3.85. The van der Waals surface area contributed by atoms with E-state index in [9.17, 15) is 9.59 Å². The zero-order chi connectivity index (χ0) is 35.0. The van der Waals surface area contributed by atoms with E-state index in [2.05, 4.69) is 25.5 Å². The molecule has 1 aliphatic carbocycles. The van der Waals surface area contributed by atoms with Crippen LogP contribution in [0.2, 0.25) is 0 Å². The monoisotopic (exact) mass is 729 g/mol. The van der Waals surface area contributed by atoms with E-state index in [1.54, 1.807) is 22.7 Å². The van der Waals surface area contributed by atoms with Crippen LogP contribution in [0.1, 0.15) is 106 Å². The topological polar surface area (TPSA) is 89.8 Å². The third-order valence-electron chi connectivity index (χ3n) is 8.40. The van der Waals surface area contributed by atoms with E-state index in [1.165, 1.54) is 51.4 Å². The number of thiazole rings is 2. The van der Waals surface area contributed by atoms with E-state index in [0.29, 0.717) is 31.3 Å². The van der Waals surface area contributed by atoms with Gasteiger partial charge in [0.1, 0.15) is 5.69 Å². The van der Waals surface area contributed by atoms with Crippen LogP contribution < -0.4 is 9.80 Å². The maximum Gasteiger partial charge on any atom is 0.354 e. The molecule has 9 nitrogen and oxygen atoms in total. The van der Waals surface area contributed by atoms with Crippen LogP contribution in [0.4, 0.5) is 10.3 Å². The average molecular weight is 730 g/mol. The number of nitrogens with zero attached hydrogens (tertiary/aromatic N) is 5. The number of aromatic nitrogens is 3. The summed E-state index contributed by atoms with van der Waals surface area (Å²) in [5.41, 5.74) is 5.58. The lowest BCUT2D eigenvalue weighted by Gasteiger charge is -2.18. The lowest BCUT2D eigenvalue weighted by Crippen LogP contribution is -2.23. The van der Waals surface area contributed by atoms with Gasteiger partial charge in [-0.1, -0.05) is 37.3 Å². The van der Waals surface area contributed by atoms with Gasteiger partial charge in [-0.2, -0.15) is 0 Å². The summed E-state index contributed by atoms with van der Waals surface area (Å²) in [7, 11) is 0. The van der Waals surface area contributed by atoms with Gasteiger partial charge in [-0.15, -0.1) is 34.3 Å². The van der Waals surface area contributed by atoms with Crippen LogP contribution in [0.5, 0.6) is 0 Å². The number of ether oxygens (including phenoxy) is 2. The van der Waals surface area contributed by atoms with E-state index < -0.39 is 0 Å². The van der Waals surface area contributed by atoms with Crippen molar-refractivity contribution in [2.45, 2.75) is 97.9 Å². The van der Waals surface area contributed by atoms with Gasteiger partial charge >= 0.3 is 11.9 Å². The Morgan fingerprint density at radius 3 is 1.82 bits per heavy atom. The second-order valence-electron chi connectivity index (χ2n) is 12.5. The van der Waals surface area contributed by atoms with Crippen molar-refractivity contribution < 1.29 is 19.1 Å². The van der Waals surface area contributed by atoms with Crippen LogP contribution in [0.15, 0.2) is 46.3 Å². The summed E-state index contributed by atoms with van der Waals surface area (Å²) in [6.45, 7) is 13.6. The molecule has 0 radical (unpaired) electrons. The Morgan fingerprint density at radius 1 is 0.796 bits per heavy atom. The fourth-order valence-electron chi connectivity index (χ4n) is 5.91. The van der Waals surface area contributed by atoms with Crippen LogP contribution in [-0.4, -0.2) is 65.9 Å². The number of allylic oxidation sites excluding steroid dienone is 3. The molecular formula is C37H52ClN5O4S2. The van der Waals surface area contributed by atoms with Crippen molar-refractivity contribution in [3.8, 4) is 0 Å². The number of rotatable bonds is 9. The second-order valence-corrected chi connectivity index (χ2v) is 14.4. The second kappa shape index (κ2) is 20.5. The third kappa shape index (κ3) is 12.3. The van der Waals surface area contributed by atoms with Gasteiger partial charge in [0.05, 0.1) is 37.0 Å². The molecule has 6 rings (SSSR count). The summed E-state index contributed by atoms with van der Waals surface area (Å²) in [5, 5.41) is 6.42. The fraction of sp³-hybridized carbons (Fsp3) is 0.568. The first-order chi connectivity index (χ1) is 23.8. The molecule has 5 heterocycles. The Balaban J connectivity index is 0.000000183. The van der Waals surface area contributed by atoms with Crippen molar-refractivity contribution in [3.05, 3.63) is 69.0 Å². The van der Waals surface area contributed by atoms with Crippen molar-refractivity contribution in [1.82, 2.24) is 14.5 Å². The molecule has 0 saturated carbocycles. The minimum atomic E-state index is -0.270. The summed E-state index contributed by atoms with van der Waals surface area (Å²) in [6, 6.07) is 1.88. The predicted molar refractivity (Wildman–Crippen MR) is 202 cm³/mol. The van der Waals surface area contributed by atoms with Crippen LogP contribution in [-0.2, 0) is 26.7 Å². The van der Waals surface area contributed by atoms with Gasteiger partial charge in [0.25, 0.3) is 0 Å². The number of alkyl halides is 1. The van der Waals surface area contributed by atoms with Crippen LogP contribution in [0.3, 0.4) is 0 Å². The maximum absolute atomic E-state index is 12.1. The summed E-state index contributed by atoms with van der Waals surface area (Å²) in [4.78, 5) is 37.3. The molecule has 12 heteroatoms. The molecule has 0 atom stereocenters. The molecule has 2 aliphatic heterocycles. The quantitative estimate of drug-likeness (QED) is 0.159. The molecule has 0 N–H and O–H groups in total. The van der Waals surface area contributed by atoms with E-state index in [-0.39, 0.29) is 11.9 Å². The lowest BCUT2D eigenvalue weighted by atomic mass is 10.2. The highest BCUT2D eigenvalue weighted by Gasteiger charge is 2.18. The van der Waals surface area contributed by atoms with Crippen LogP contribution >= 0.6 is 34.3 Å². The standard InChI is InChI=1S/C18H25N3O2S.C10H15ClN2S.C9H12O2/c1-3-23-17(22)16-10-14(2)11-21(16)12-15-13-24-18(19-15)20-8-6-4-5-7-9-20;11-7-9-8-14-10(12-9)13-5-3-1-2-4-6-13;1-3-11-9(10)8-5-4-7(2)6-8/h10-11,13H,3-9,12H2,1-2H3;8H,1-7H2;4,6H,3,5H2,1-2H3. The SMILES string of the molecule is CCOC(=O)C1=CC(C)=CC1.CCOC(=O)c1cc(C)cn1Cc1csc(N2CCCCCC2)n1.ClCc1csc(N2CCCCCC2)n1. The molecule has 0 unspecified atom stereocenters. The van der Waals surface area contributed by atoms with E-state index >= 15 is 0 Å². The van der Waals surface area contributed by atoms with E-state index in [1.807, 2.05) is 56.7 Å². The van der Waals surface area contributed by atoms with Gasteiger partial charge < -0.3 is 23.8 Å². The Labute approximate surface area is 305 Å². The fourth-order valence-corrected chi connectivity index (χ4v) is 7.89. The number of aryl methyl sites for hydroxylation is 1. The Hall–Kier alpha value is -3.15. The van der Waals surface area contributed by atoms with E-state index in [4.69, 9.17) is 26.1 Å². The minimum Gasteiger partial charge on any atom is -0.463 e. The summed E-state index contributed by atoms with van der Waals surface area (Å²) in [6.07, 6.45) is 17.1. The number of carbonyl (C=O) groups excluding carboxylic acids is 2. The molecule has 268 valence electrons. The summed E-state index contributed by atoms with van der Waals surface area (Å²) >= 11 is 9.16. The predicted octanol–water partition coefficient (Wildman–Crippen LogP) is 8.95. The first-order valence-corrected chi connectivity index (χ1v) is 19.9. The molecule has 0 aromatic carbocycles. The molecule has 3 aromatic heterocycles. The number of esters is 2. The van der Waals surface area contributed by atoms with Gasteiger partial charge in [0.15, 0.2) is 10.3 Å². The van der Waals surface area contributed by atoms with Gasteiger partial charge in [0.2, 0.25) is 0 Å². The number of anilines is 2. The lowest BCUT2D eigenvalue weighted by molar-refractivity contribution is -0.138. The number of hydrogen-bond acceptors (Lipinski definition) is 10. The van der Waals surface area contributed by atoms with Crippen molar-refractivity contribution >= 4 is 56.5 Å². The molecule has 49 heavy (non-hydrogen) atoms. The molecule has 2 fully saturated rings. The molecule has 0 spiro atoms. The van der Waals surface area contributed by atoms with Crippen molar-refractivity contribution in [1.29, 1.82) is 0 Å². The van der Waals surface area contributed by atoms with Gasteiger partial charge in [-0.3, -0.25) is 0 Å². The Kier molecular flexibility index (Phi) is 16.2. The maximum atomic E-state index is 12.1. The first-order valence-electron chi connectivity index (χ1n) is 17.6. The summed E-state index contributed by atoms with van der Waals surface area (Å²) < 4.78 is 11.9. The van der Waals surface area contributed by atoms with Crippen molar-refractivity contribution in [3.63, 3.8) is 0 Å².